The second-order valence-corrected chi connectivity index (χ2v) is 9.60. The van der Waals surface area contributed by atoms with E-state index in [1.165, 1.54) is 16.4 Å². The molecule has 9 nitrogen and oxygen atoms in total. The minimum absolute atomic E-state index is 0.00505. The van der Waals surface area contributed by atoms with Crippen molar-refractivity contribution < 1.29 is 22.7 Å². The summed E-state index contributed by atoms with van der Waals surface area (Å²) in [5.74, 6) is -0.341. The fourth-order valence-electron chi connectivity index (χ4n) is 3.70. The lowest BCUT2D eigenvalue weighted by Crippen LogP contribution is -2.47. The standard InChI is InChI=1S/C22H26N4O5S/c27-21-16-25(9-8-23-21)19-6-4-17(5-7-19)15-24-22(28)18-2-1-3-20(14-18)32(29,30)26-10-12-31-13-11-26/h1-7,14H,8-13,15-16H2,(H,23,27)(H,24,28). The molecule has 10 heteroatoms. The molecule has 0 saturated carbocycles. The molecule has 0 aliphatic carbocycles. The number of nitrogens with zero attached hydrogens (tertiary/aromatic N) is 2. The van der Waals surface area contributed by atoms with E-state index < -0.39 is 10.0 Å². The molecular formula is C22H26N4O5S. The van der Waals surface area contributed by atoms with Crippen LogP contribution in [0.15, 0.2) is 53.4 Å². The van der Waals surface area contributed by atoms with Gasteiger partial charge < -0.3 is 20.3 Å². The van der Waals surface area contributed by atoms with Gasteiger partial charge in [-0.3, -0.25) is 9.59 Å². The number of sulfonamides is 1. The summed E-state index contributed by atoms with van der Waals surface area (Å²) in [5, 5.41) is 5.63. The van der Waals surface area contributed by atoms with E-state index in [1.807, 2.05) is 29.2 Å². The Hall–Kier alpha value is -2.95. The first kappa shape index (κ1) is 22.3. The minimum atomic E-state index is -3.66. The lowest BCUT2D eigenvalue weighted by molar-refractivity contribution is -0.120. The predicted molar refractivity (Wildman–Crippen MR) is 119 cm³/mol. The average molecular weight is 459 g/mol. The fourth-order valence-corrected chi connectivity index (χ4v) is 5.16. The first-order chi connectivity index (χ1) is 15.4. The van der Waals surface area contributed by atoms with Gasteiger partial charge in [-0.25, -0.2) is 8.42 Å². The number of anilines is 1. The zero-order valence-corrected chi connectivity index (χ0v) is 18.4. The van der Waals surface area contributed by atoms with Gasteiger partial charge in [0.1, 0.15) is 0 Å². The molecule has 170 valence electrons. The Kier molecular flexibility index (Phi) is 6.73. The molecule has 0 atom stereocenters. The van der Waals surface area contributed by atoms with Crippen LogP contribution in [-0.4, -0.2) is 70.5 Å². The molecule has 0 unspecified atom stereocenters. The highest BCUT2D eigenvalue weighted by Gasteiger charge is 2.26. The maximum Gasteiger partial charge on any atom is 0.251 e. The second-order valence-electron chi connectivity index (χ2n) is 7.66. The summed E-state index contributed by atoms with van der Waals surface area (Å²) < 4.78 is 32.3. The minimum Gasteiger partial charge on any atom is -0.379 e. The second kappa shape index (κ2) is 9.68. The Bertz CT molecular complexity index is 1080. The number of hydrogen-bond donors (Lipinski definition) is 2. The molecule has 0 bridgehead atoms. The molecule has 2 saturated heterocycles. The fraction of sp³-hybridized carbons (Fsp3) is 0.364. The molecule has 0 radical (unpaired) electrons. The van der Waals surface area contributed by atoms with Crippen molar-refractivity contribution >= 4 is 27.5 Å². The number of ether oxygens (including phenoxy) is 1. The van der Waals surface area contributed by atoms with Crippen LogP contribution in [0.4, 0.5) is 5.69 Å². The van der Waals surface area contributed by atoms with E-state index in [4.69, 9.17) is 4.74 Å². The molecule has 0 aromatic heterocycles. The number of piperazine rings is 1. The van der Waals surface area contributed by atoms with Gasteiger partial charge in [-0.05, 0) is 35.9 Å². The van der Waals surface area contributed by atoms with Crippen LogP contribution in [0.1, 0.15) is 15.9 Å². The molecule has 0 spiro atoms. The summed E-state index contributed by atoms with van der Waals surface area (Å²) in [6.45, 7) is 3.35. The molecule has 2 fully saturated rings. The summed E-state index contributed by atoms with van der Waals surface area (Å²) >= 11 is 0. The average Bonchev–Trinajstić information content (AvgIpc) is 2.83. The summed E-state index contributed by atoms with van der Waals surface area (Å²) in [6, 6.07) is 13.7. The van der Waals surface area contributed by atoms with E-state index in [2.05, 4.69) is 10.6 Å². The molecule has 2 amide bonds. The van der Waals surface area contributed by atoms with Crippen LogP contribution in [0.3, 0.4) is 0 Å². The van der Waals surface area contributed by atoms with Gasteiger partial charge in [0.2, 0.25) is 15.9 Å². The van der Waals surface area contributed by atoms with Crippen molar-refractivity contribution in [2.24, 2.45) is 0 Å². The van der Waals surface area contributed by atoms with Crippen molar-refractivity contribution in [3.05, 3.63) is 59.7 Å². The van der Waals surface area contributed by atoms with Gasteiger partial charge in [0, 0.05) is 44.0 Å². The quantitative estimate of drug-likeness (QED) is 0.656. The van der Waals surface area contributed by atoms with E-state index in [1.54, 1.807) is 12.1 Å². The van der Waals surface area contributed by atoms with Crippen LogP contribution < -0.4 is 15.5 Å². The molecule has 2 aromatic carbocycles. The SMILES string of the molecule is O=C1CN(c2ccc(CNC(=O)c3cccc(S(=O)(=O)N4CCOCC4)c3)cc2)CCN1. The molecule has 32 heavy (non-hydrogen) atoms. The van der Waals surface area contributed by atoms with Gasteiger partial charge in [0.05, 0.1) is 24.7 Å². The molecule has 2 heterocycles. The van der Waals surface area contributed by atoms with Gasteiger partial charge in [-0.2, -0.15) is 4.31 Å². The Morgan fingerprint density at radius 2 is 1.81 bits per heavy atom. The van der Waals surface area contributed by atoms with Gasteiger partial charge >= 0.3 is 0 Å². The van der Waals surface area contributed by atoms with Crippen molar-refractivity contribution in [2.75, 3.05) is 50.8 Å². The molecular weight excluding hydrogens is 432 g/mol. The van der Waals surface area contributed by atoms with E-state index in [0.717, 1.165) is 17.8 Å². The summed E-state index contributed by atoms with van der Waals surface area (Å²) in [7, 11) is -3.66. The van der Waals surface area contributed by atoms with Crippen molar-refractivity contribution in [1.82, 2.24) is 14.9 Å². The smallest absolute Gasteiger partial charge is 0.251 e. The van der Waals surface area contributed by atoms with E-state index in [-0.39, 0.29) is 22.3 Å². The normalized spacial score (nSPS) is 17.6. The zero-order valence-electron chi connectivity index (χ0n) is 17.6. The number of amides is 2. The summed E-state index contributed by atoms with van der Waals surface area (Å²) in [6.07, 6.45) is 0. The third kappa shape index (κ3) is 5.09. The maximum atomic E-state index is 12.8. The Morgan fingerprint density at radius 1 is 1.06 bits per heavy atom. The van der Waals surface area contributed by atoms with Gasteiger partial charge in [-0.15, -0.1) is 0 Å². The van der Waals surface area contributed by atoms with Gasteiger partial charge in [0.25, 0.3) is 5.91 Å². The highest BCUT2D eigenvalue weighted by atomic mass is 32.2. The van der Waals surface area contributed by atoms with E-state index >= 15 is 0 Å². The molecule has 4 rings (SSSR count). The number of rotatable bonds is 6. The first-order valence-corrected chi connectivity index (χ1v) is 11.9. The summed E-state index contributed by atoms with van der Waals surface area (Å²) in [5.41, 5.74) is 2.15. The Labute approximate surface area is 187 Å². The Balaban J connectivity index is 1.38. The van der Waals surface area contributed by atoms with Crippen molar-refractivity contribution in [1.29, 1.82) is 0 Å². The van der Waals surface area contributed by atoms with Crippen molar-refractivity contribution in [3.63, 3.8) is 0 Å². The monoisotopic (exact) mass is 458 g/mol. The number of hydrogen-bond acceptors (Lipinski definition) is 6. The lowest BCUT2D eigenvalue weighted by Gasteiger charge is -2.28. The van der Waals surface area contributed by atoms with Gasteiger partial charge in [-0.1, -0.05) is 18.2 Å². The number of benzene rings is 2. The molecule has 2 aliphatic rings. The van der Waals surface area contributed by atoms with Crippen LogP contribution in [0.25, 0.3) is 0 Å². The number of carbonyl (C=O) groups is 2. The van der Waals surface area contributed by atoms with Crippen LogP contribution >= 0.6 is 0 Å². The van der Waals surface area contributed by atoms with E-state index in [9.17, 15) is 18.0 Å². The lowest BCUT2D eigenvalue weighted by atomic mass is 10.1. The van der Waals surface area contributed by atoms with Crippen LogP contribution in [0, 0.1) is 0 Å². The topological polar surface area (TPSA) is 108 Å². The third-order valence-electron chi connectivity index (χ3n) is 5.50. The van der Waals surface area contributed by atoms with E-state index in [0.29, 0.717) is 45.9 Å². The van der Waals surface area contributed by atoms with Crippen molar-refractivity contribution in [2.45, 2.75) is 11.4 Å². The van der Waals surface area contributed by atoms with Crippen LogP contribution in [0.2, 0.25) is 0 Å². The highest BCUT2D eigenvalue weighted by molar-refractivity contribution is 7.89. The highest BCUT2D eigenvalue weighted by Crippen LogP contribution is 2.19. The number of nitrogens with one attached hydrogen (secondary N) is 2. The van der Waals surface area contributed by atoms with Gasteiger partial charge in [0.15, 0.2) is 0 Å². The molecule has 2 aliphatic heterocycles. The molecule has 2 aromatic rings. The molecule has 2 N–H and O–H groups in total. The zero-order chi connectivity index (χ0) is 22.6. The largest absolute Gasteiger partial charge is 0.379 e. The number of morpholine rings is 1. The first-order valence-electron chi connectivity index (χ1n) is 10.5. The third-order valence-corrected chi connectivity index (χ3v) is 7.39. The predicted octanol–water partition coefficient (Wildman–Crippen LogP) is 0.574. The Morgan fingerprint density at radius 3 is 2.53 bits per heavy atom. The van der Waals surface area contributed by atoms with Crippen LogP contribution in [0.5, 0.6) is 0 Å². The summed E-state index contributed by atoms with van der Waals surface area (Å²) in [4.78, 5) is 26.3. The maximum absolute atomic E-state index is 12.8. The van der Waals surface area contributed by atoms with Crippen molar-refractivity contribution in [3.8, 4) is 0 Å². The number of carbonyl (C=O) groups excluding carboxylic acids is 2. The van der Waals surface area contributed by atoms with Crippen LogP contribution in [-0.2, 0) is 26.1 Å².